The van der Waals surface area contributed by atoms with Gasteiger partial charge in [-0.05, 0) is 12.0 Å². The molecule has 0 spiro atoms. The molecule has 0 saturated carbocycles. The number of aliphatic hydroxyl groups excluding tert-OH is 1. The van der Waals surface area contributed by atoms with Gasteiger partial charge in [-0.1, -0.05) is 30.3 Å². The SMILES string of the molecule is N[C@H](C(=O)O)C(=O)C(O)[C@H](N)Cc1ccccc1. The van der Waals surface area contributed by atoms with Crippen LogP contribution in [-0.2, 0) is 16.0 Å². The summed E-state index contributed by atoms with van der Waals surface area (Å²) in [7, 11) is 0. The van der Waals surface area contributed by atoms with Crippen LogP contribution >= 0.6 is 0 Å². The van der Waals surface area contributed by atoms with Crippen LogP contribution in [0.25, 0.3) is 0 Å². The molecule has 0 fully saturated rings. The molecule has 0 amide bonds. The molecule has 3 atom stereocenters. The first-order valence-electron chi connectivity index (χ1n) is 5.43. The Balaban J connectivity index is 2.64. The fourth-order valence-corrected chi connectivity index (χ4v) is 1.51. The van der Waals surface area contributed by atoms with E-state index in [1.165, 1.54) is 0 Å². The van der Waals surface area contributed by atoms with Crippen LogP contribution in [0.4, 0.5) is 0 Å². The zero-order valence-corrected chi connectivity index (χ0v) is 9.69. The van der Waals surface area contributed by atoms with E-state index >= 15 is 0 Å². The molecule has 6 N–H and O–H groups in total. The lowest BCUT2D eigenvalue weighted by atomic mass is 9.96. The smallest absolute Gasteiger partial charge is 0.328 e. The lowest BCUT2D eigenvalue weighted by molar-refractivity contribution is -0.145. The minimum Gasteiger partial charge on any atom is -0.480 e. The highest BCUT2D eigenvalue weighted by atomic mass is 16.4. The fraction of sp³-hybridized carbons (Fsp3) is 0.333. The number of carboxylic acid groups (broad SMARTS) is 1. The molecule has 98 valence electrons. The molecule has 18 heavy (non-hydrogen) atoms. The lowest BCUT2D eigenvalue weighted by Gasteiger charge is -2.19. The zero-order chi connectivity index (χ0) is 13.7. The molecule has 0 heterocycles. The van der Waals surface area contributed by atoms with E-state index in [2.05, 4.69) is 0 Å². The van der Waals surface area contributed by atoms with E-state index in [-0.39, 0.29) is 6.42 Å². The van der Waals surface area contributed by atoms with Gasteiger partial charge in [0.25, 0.3) is 0 Å². The average molecular weight is 252 g/mol. The first-order valence-corrected chi connectivity index (χ1v) is 5.43. The topological polar surface area (TPSA) is 127 Å². The Morgan fingerprint density at radius 2 is 1.72 bits per heavy atom. The summed E-state index contributed by atoms with van der Waals surface area (Å²) in [5, 5.41) is 18.2. The number of carbonyl (C=O) groups is 2. The average Bonchev–Trinajstić information content (AvgIpc) is 2.37. The van der Waals surface area contributed by atoms with Gasteiger partial charge in [0, 0.05) is 6.04 Å². The summed E-state index contributed by atoms with van der Waals surface area (Å²) in [6.45, 7) is 0. The zero-order valence-electron chi connectivity index (χ0n) is 9.69. The number of nitrogens with two attached hydrogens (primary N) is 2. The van der Waals surface area contributed by atoms with Gasteiger partial charge in [-0.2, -0.15) is 0 Å². The van der Waals surface area contributed by atoms with E-state index in [9.17, 15) is 14.7 Å². The summed E-state index contributed by atoms with van der Waals surface area (Å²) in [5.41, 5.74) is 11.6. The Bertz CT molecular complexity index is 421. The number of carboxylic acids is 1. The third kappa shape index (κ3) is 3.63. The number of carbonyl (C=O) groups excluding carboxylic acids is 1. The number of hydrogen-bond donors (Lipinski definition) is 4. The number of ketones is 1. The molecule has 0 saturated heterocycles. The van der Waals surface area contributed by atoms with Crippen LogP contribution in [-0.4, -0.2) is 40.2 Å². The highest BCUT2D eigenvalue weighted by Gasteiger charge is 2.31. The van der Waals surface area contributed by atoms with Crippen LogP contribution in [0.15, 0.2) is 30.3 Å². The summed E-state index contributed by atoms with van der Waals surface area (Å²) < 4.78 is 0. The maximum absolute atomic E-state index is 11.5. The predicted molar refractivity (Wildman–Crippen MR) is 64.7 cm³/mol. The Morgan fingerprint density at radius 1 is 1.17 bits per heavy atom. The Kier molecular flexibility index (Phi) is 4.96. The molecule has 1 aromatic rings. The number of aliphatic hydroxyl groups is 1. The van der Waals surface area contributed by atoms with E-state index in [4.69, 9.17) is 16.6 Å². The molecule has 0 aliphatic carbocycles. The van der Waals surface area contributed by atoms with Gasteiger partial charge < -0.3 is 21.7 Å². The van der Waals surface area contributed by atoms with Gasteiger partial charge in [-0.3, -0.25) is 9.59 Å². The molecule has 6 nitrogen and oxygen atoms in total. The second kappa shape index (κ2) is 6.25. The van der Waals surface area contributed by atoms with Gasteiger partial charge in [0.05, 0.1) is 0 Å². The third-order valence-electron chi connectivity index (χ3n) is 2.58. The summed E-state index contributed by atoms with van der Waals surface area (Å²) >= 11 is 0. The molecule has 1 unspecified atom stereocenters. The number of hydrogen-bond acceptors (Lipinski definition) is 5. The Hall–Kier alpha value is -1.76. The molecule has 1 aromatic carbocycles. The van der Waals surface area contributed by atoms with Crippen molar-refractivity contribution in [1.82, 2.24) is 0 Å². The van der Waals surface area contributed by atoms with Crippen LogP contribution in [0.5, 0.6) is 0 Å². The van der Waals surface area contributed by atoms with Crippen molar-refractivity contribution < 1.29 is 19.8 Å². The van der Waals surface area contributed by atoms with E-state index in [1.807, 2.05) is 6.07 Å². The van der Waals surface area contributed by atoms with Crippen LogP contribution in [0.1, 0.15) is 5.56 Å². The minimum atomic E-state index is -1.75. The monoisotopic (exact) mass is 252 g/mol. The number of benzene rings is 1. The first kappa shape index (κ1) is 14.3. The summed E-state index contributed by atoms with van der Waals surface area (Å²) in [6, 6.07) is 6.41. The van der Waals surface area contributed by atoms with Crippen LogP contribution in [0.2, 0.25) is 0 Å². The number of Topliss-reactive ketones (excluding diaryl/α,β-unsaturated/α-hetero) is 1. The van der Waals surface area contributed by atoms with Gasteiger partial charge in [-0.15, -0.1) is 0 Å². The molecule has 0 bridgehead atoms. The number of rotatable bonds is 6. The van der Waals surface area contributed by atoms with Crippen molar-refractivity contribution in [3.63, 3.8) is 0 Å². The predicted octanol–water partition coefficient (Wildman–Crippen LogP) is -1.10. The summed E-state index contributed by atoms with van der Waals surface area (Å²) in [5.74, 6) is -2.46. The van der Waals surface area contributed by atoms with Crippen LogP contribution in [0.3, 0.4) is 0 Å². The van der Waals surface area contributed by atoms with Crippen molar-refractivity contribution in [2.45, 2.75) is 24.6 Å². The highest BCUT2D eigenvalue weighted by Crippen LogP contribution is 2.06. The largest absolute Gasteiger partial charge is 0.480 e. The van der Waals surface area contributed by atoms with Gasteiger partial charge in [0.15, 0.2) is 11.8 Å². The van der Waals surface area contributed by atoms with Crippen molar-refractivity contribution in [1.29, 1.82) is 0 Å². The standard InChI is InChI=1S/C12H16N2O4/c13-8(6-7-4-2-1-3-5-7)10(15)11(16)9(14)12(17)18/h1-5,8-10,15H,6,13-14H2,(H,17,18)/t8-,9+,10?/m1/s1. The molecule has 0 radical (unpaired) electrons. The van der Waals surface area contributed by atoms with Crippen LogP contribution in [0, 0.1) is 0 Å². The molecule has 1 rings (SSSR count). The normalized spacial score (nSPS) is 15.7. The number of aliphatic carboxylic acids is 1. The second-order valence-corrected chi connectivity index (χ2v) is 4.02. The first-order chi connectivity index (χ1) is 8.43. The van der Waals surface area contributed by atoms with Crippen molar-refractivity contribution in [3.8, 4) is 0 Å². The van der Waals surface area contributed by atoms with Gasteiger partial charge in [0.2, 0.25) is 0 Å². The summed E-state index contributed by atoms with van der Waals surface area (Å²) in [6.07, 6.45) is -1.32. The Labute approximate surface area is 104 Å². The van der Waals surface area contributed by atoms with Crippen molar-refractivity contribution in [2.24, 2.45) is 11.5 Å². The minimum absolute atomic E-state index is 0.264. The maximum atomic E-state index is 11.5. The van der Waals surface area contributed by atoms with E-state index in [1.54, 1.807) is 24.3 Å². The molecular weight excluding hydrogens is 236 g/mol. The Morgan fingerprint density at radius 3 is 2.22 bits per heavy atom. The van der Waals surface area contributed by atoms with Crippen molar-refractivity contribution in [2.75, 3.05) is 0 Å². The van der Waals surface area contributed by atoms with E-state index in [0.29, 0.717) is 0 Å². The molecular formula is C12H16N2O4. The van der Waals surface area contributed by atoms with E-state index in [0.717, 1.165) is 5.56 Å². The van der Waals surface area contributed by atoms with E-state index < -0.39 is 29.9 Å². The second-order valence-electron chi connectivity index (χ2n) is 4.02. The quantitative estimate of drug-likeness (QED) is 0.476. The summed E-state index contributed by atoms with van der Waals surface area (Å²) in [4.78, 5) is 22.0. The van der Waals surface area contributed by atoms with Crippen LogP contribution < -0.4 is 11.5 Å². The lowest BCUT2D eigenvalue weighted by Crippen LogP contribution is -2.51. The highest BCUT2D eigenvalue weighted by molar-refractivity contribution is 6.04. The molecule has 0 aliphatic heterocycles. The third-order valence-corrected chi connectivity index (χ3v) is 2.58. The molecule has 6 heteroatoms. The van der Waals surface area contributed by atoms with Gasteiger partial charge >= 0.3 is 5.97 Å². The molecule has 0 aliphatic rings. The maximum Gasteiger partial charge on any atom is 0.328 e. The van der Waals surface area contributed by atoms with Crippen molar-refractivity contribution in [3.05, 3.63) is 35.9 Å². The van der Waals surface area contributed by atoms with Gasteiger partial charge in [-0.25, -0.2) is 0 Å². The fourth-order valence-electron chi connectivity index (χ4n) is 1.51. The molecule has 0 aromatic heterocycles. The van der Waals surface area contributed by atoms with Gasteiger partial charge in [0.1, 0.15) is 6.10 Å². The van der Waals surface area contributed by atoms with Crippen molar-refractivity contribution >= 4 is 11.8 Å².